The third kappa shape index (κ3) is 3.90. The average Bonchev–Trinajstić information content (AvgIpc) is 3.42. The highest BCUT2D eigenvalue weighted by Gasteiger charge is 2.69. The van der Waals surface area contributed by atoms with Crippen LogP contribution in [0.5, 0.6) is 5.75 Å². The maximum absolute atomic E-state index is 13.9. The second kappa shape index (κ2) is 9.71. The maximum Gasteiger partial charge on any atom is 0.329 e. The third-order valence-corrected chi connectivity index (χ3v) is 7.14. The molecule has 10 heteroatoms. The molecule has 0 aliphatic carbocycles. The van der Waals surface area contributed by atoms with Gasteiger partial charge < -0.3 is 9.84 Å². The van der Waals surface area contributed by atoms with Gasteiger partial charge in [-0.2, -0.15) is 0 Å². The van der Waals surface area contributed by atoms with Gasteiger partial charge in [-0.25, -0.2) is 9.69 Å². The Hall–Kier alpha value is -4.57. The average molecular weight is 516 g/mol. The summed E-state index contributed by atoms with van der Waals surface area (Å²) in [6.07, 6.45) is 0.831. The van der Waals surface area contributed by atoms with Crippen molar-refractivity contribution < 1.29 is 29.2 Å². The topological polar surface area (TPSA) is 139 Å². The smallest absolute Gasteiger partial charge is 0.329 e. The van der Waals surface area contributed by atoms with E-state index < -0.39 is 46.1 Å². The number of carbonyl (C=O) groups excluding carboxylic acids is 2. The number of rotatable bonds is 8. The number of nitro groups is 1. The van der Waals surface area contributed by atoms with Crippen molar-refractivity contribution in [3.63, 3.8) is 0 Å². The van der Waals surface area contributed by atoms with Crippen molar-refractivity contribution in [2.75, 3.05) is 11.5 Å². The predicted molar refractivity (Wildman–Crippen MR) is 136 cm³/mol. The molecule has 0 saturated carbocycles. The fraction of sp³-hybridized carbons (Fsp3) is 0.250. The minimum Gasteiger partial charge on any atom is -0.494 e. The van der Waals surface area contributed by atoms with Gasteiger partial charge in [0.1, 0.15) is 5.75 Å². The summed E-state index contributed by atoms with van der Waals surface area (Å²) in [4.78, 5) is 52.4. The molecule has 4 unspecified atom stereocenters. The number of anilines is 1. The van der Waals surface area contributed by atoms with Gasteiger partial charge in [-0.05, 0) is 35.7 Å². The van der Waals surface area contributed by atoms with Gasteiger partial charge in [0, 0.05) is 18.2 Å². The fourth-order valence-electron chi connectivity index (χ4n) is 5.47. The number of imide groups is 1. The van der Waals surface area contributed by atoms with Gasteiger partial charge in [-0.15, -0.1) is 0 Å². The molecule has 2 aliphatic rings. The molecule has 0 spiro atoms. The molecule has 2 fully saturated rings. The summed E-state index contributed by atoms with van der Waals surface area (Å²) in [6, 6.07) is 19.6. The zero-order valence-corrected chi connectivity index (χ0v) is 20.4. The van der Waals surface area contributed by atoms with Crippen molar-refractivity contribution in [2.24, 2.45) is 11.8 Å². The first-order valence-electron chi connectivity index (χ1n) is 12.2. The Labute approximate surface area is 218 Å². The lowest BCUT2D eigenvalue weighted by molar-refractivity contribution is -0.384. The molecule has 38 heavy (non-hydrogen) atoms. The SMILES string of the molecule is CCCOc1ccc(C2NC(C(=O)O)(c3ccccc3)C3C(=O)N(c4cccc([N+](=O)[O-])c4)C(=O)C23)cc1. The number of amides is 2. The molecule has 3 aromatic rings. The number of nitrogens with one attached hydrogen (secondary N) is 1. The van der Waals surface area contributed by atoms with Gasteiger partial charge in [0.05, 0.1) is 29.1 Å². The quantitative estimate of drug-likeness (QED) is 0.262. The lowest BCUT2D eigenvalue weighted by atomic mass is 9.75. The highest BCUT2D eigenvalue weighted by molar-refractivity contribution is 6.24. The number of hydrogen-bond donors (Lipinski definition) is 2. The molecule has 10 nitrogen and oxygen atoms in total. The Morgan fingerprint density at radius 2 is 1.76 bits per heavy atom. The summed E-state index contributed by atoms with van der Waals surface area (Å²) in [5.41, 5.74) is -1.22. The number of benzene rings is 3. The van der Waals surface area contributed by atoms with Gasteiger partial charge in [0.25, 0.3) is 5.69 Å². The minimum absolute atomic E-state index is 0.0259. The molecule has 0 bridgehead atoms. The monoisotopic (exact) mass is 515 g/mol. The van der Waals surface area contributed by atoms with Crippen molar-refractivity contribution >= 4 is 29.2 Å². The summed E-state index contributed by atoms with van der Waals surface area (Å²) in [5.74, 6) is -4.39. The molecular formula is C28H25N3O7. The standard InChI is InChI=1S/C28H25N3O7/c1-2-15-38-21-13-11-17(12-14-21)24-22-23(28(29-24,27(34)35)18-7-4-3-5-8-18)26(33)30(25(22)32)19-9-6-10-20(16-19)31(36)37/h3-14,16,22-24,29H,2,15H2,1H3,(H,34,35). The van der Waals surface area contributed by atoms with E-state index >= 15 is 0 Å². The lowest BCUT2D eigenvalue weighted by Gasteiger charge is -2.31. The van der Waals surface area contributed by atoms with Gasteiger partial charge in [-0.3, -0.25) is 25.0 Å². The Morgan fingerprint density at radius 1 is 1.05 bits per heavy atom. The van der Waals surface area contributed by atoms with E-state index in [9.17, 15) is 29.6 Å². The number of ether oxygens (including phenoxy) is 1. The van der Waals surface area contributed by atoms with E-state index in [0.29, 0.717) is 23.5 Å². The largest absolute Gasteiger partial charge is 0.494 e. The van der Waals surface area contributed by atoms with E-state index in [1.54, 1.807) is 54.6 Å². The van der Waals surface area contributed by atoms with Crippen LogP contribution in [0.1, 0.15) is 30.5 Å². The fourth-order valence-corrected chi connectivity index (χ4v) is 5.47. The molecule has 194 valence electrons. The number of hydrogen-bond acceptors (Lipinski definition) is 7. The van der Waals surface area contributed by atoms with E-state index in [-0.39, 0.29) is 11.4 Å². The summed E-state index contributed by atoms with van der Waals surface area (Å²) >= 11 is 0. The molecule has 0 aromatic heterocycles. The van der Waals surface area contributed by atoms with Gasteiger partial charge in [-0.1, -0.05) is 55.5 Å². The van der Waals surface area contributed by atoms with Crippen LogP contribution in [0.3, 0.4) is 0 Å². The van der Waals surface area contributed by atoms with Crippen molar-refractivity contribution in [1.29, 1.82) is 0 Å². The second-order valence-electron chi connectivity index (χ2n) is 9.31. The normalized spacial score (nSPS) is 24.3. The molecule has 2 N–H and O–H groups in total. The van der Waals surface area contributed by atoms with Crippen LogP contribution in [0, 0.1) is 22.0 Å². The molecule has 0 radical (unpaired) electrons. The molecule has 2 saturated heterocycles. The van der Waals surface area contributed by atoms with Crippen molar-refractivity contribution in [3.8, 4) is 5.75 Å². The van der Waals surface area contributed by atoms with Gasteiger partial charge >= 0.3 is 5.97 Å². The van der Waals surface area contributed by atoms with E-state index in [1.165, 1.54) is 18.2 Å². The van der Waals surface area contributed by atoms with Crippen LogP contribution in [0.15, 0.2) is 78.9 Å². The van der Waals surface area contributed by atoms with Crippen LogP contribution in [-0.2, 0) is 19.9 Å². The Kier molecular flexibility index (Phi) is 6.41. The number of nitrogens with zero attached hydrogens (tertiary/aromatic N) is 2. The zero-order chi connectivity index (χ0) is 27.0. The van der Waals surface area contributed by atoms with Crippen LogP contribution >= 0.6 is 0 Å². The highest BCUT2D eigenvalue weighted by Crippen LogP contribution is 2.54. The minimum atomic E-state index is -1.91. The molecule has 4 atom stereocenters. The number of fused-ring (bicyclic) bond motifs is 1. The van der Waals surface area contributed by atoms with Crippen LogP contribution < -0.4 is 15.0 Å². The molecule has 2 aliphatic heterocycles. The Balaban J connectivity index is 1.64. The first kappa shape index (κ1) is 25.1. The number of aliphatic carboxylic acids is 1. The van der Waals surface area contributed by atoms with Crippen LogP contribution in [0.25, 0.3) is 0 Å². The van der Waals surface area contributed by atoms with Crippen LogP contribution in [0.2, 0.25) is 0 Å². The summed E-state index contributed by atoms with van der Waals surface area (Å²) in [6.45, 7) is 2.52. The third-order valence-electron chi connectivity index (χ3n) is 7.14. The molecule has 2 amide bonds. The molecule has 3 aromatic carbocycles. The van der Waals surface area contributed by atoms with Crippen LogP contribution in [-0.4, -0.2) is 34.4 Å². The van der Waals surface area contributed by atoms with Gasteiger partial charge in [0.15, 0.2) is 5.54 Å². The van der Waals surface area contributed by atoms with E-state index in [1.807, 2.05) is 6.92 Å². The number of non-ortho nitro benzene ring substituents is 1. The summed E-state index contributed by atoms with van der Waals surface area (Å²) in [7, 11) is 0. The molecule has 2 heterocycles. The molecule has 5 rings (SSSR count). The summed E-state index contributed by atoms with van der Waals surface area (Å²) < 4.78 is 5.65. The van der Waals surface area contributed by atoms with Gasteiger partial charge in [0.2, 0.25) is 11.8 Å². The van der Waals surface area contributed by atoms with Crippen molar-refractivity contribution in [1.82, 2.24) is 5.32 Å². The van der Waals surface area contributed by atoms with E-state index in [2.05, 4.69) is 5.32 Å². The Morgan fingerprint density at radius 3 is 2.39 bits per heavy atom. The highest BCUT2D eigenvalue weighted by atomic mass is 16.6. The predicted octanol–water partition coefficient (Wildman–Crippen LogP) is 3.81. The van der Waals surface area contributed by atoms with E-state index in [4.69, 9.17) is 4.74 Å². The maximum atomic E-state index is 13.9. The lowest BCUT2D eigenvalue weighted by Crippen LogP contribution is -2.53. The number of nitro benzene ring substituents is 1. The summed E-state index contributed by atoms with van der Waals surface area (Å²) in [5, 5.41) is 25.1. The second-order valence-corrected chi connectivity index (χ2v) is 9.31. The number of carbonyl (C=O) groups is 3. The van der Waals surface area contributed by atoms with Crippen LogP contribution in [0.4, 0.5) is 11.4 Å². The number of carboxylic acid groups (broad SMARTS) is 1. The zero-order valence-electron chi connectivity index (χ0n) is 20.4. The van der Waals surface area contributed by atoms with Crippen molar-refractivity contribution in [2.45, 2.75) is 24.9 Å². The molecular weight excluding hydrogens is 490 g/mol. The Bertz CT molecular complexity index is 1410. The number of carboxylic acids is 1. The van der Waals surface area contributed by atoms with E-state index in [0.717, 1.165) is 17.4 Å². The first-order chi connectivity index (χ1) is 18.3. The van der Waals surface area contributed by atoms with Crippen molar-refractivity contribution in [3.05, 3.63) is 100 Å². The first-order valence-corrected chi connectivity index (χ1v) is 12.2.